The van der Waals surface area contributed by atoms with Crippen LogP contribution in [0.5, 0.6) is 5.75 Å². The van der Waals surface area contributed by atoms with Gasteiger partial charge < -0.3 is 30.7 Å². The maximum absolute atomic E-state index is 12.9. The first-order chi connectivity index (χ1) is 17.2. The average Bonchev–Trinajstić information content (AvgIpc) is 2.76. The molecule has 2 amide bonds. The molecule has 10 nitrogen and oxygen atoms in total. The SMILES string of the molecule is CC(C)C[C@H](OCc1ccccc1O)C(=O)N[C@@H](CSSC[C@H](NC(=O)CC(C)(C)C)C(=O)O)C(=O)O. The van der Waals surface area contributed by atoms with Gasteiger partial charge >= 0.3 is 11.9 Å². The standard InChI is InChI=1S/C25H38N2O8S2/c1-15(2)10-20(35-12-16-8-6-7-9-19(16)28)22(30)27-18(24(33)34)14-37-36-13-17(23(31)32)26-21(29)11-25(3,4)5/h6-9,15,17-18,20,28H,10-14H2,1-5H3,(H,26,29)(H,27,30)(H,31,32)(H,33,34)/t17-,18-,20-/m0/s1. The van der Waals surface area contributed by atoms with Crippen LogP contribution in [0.15, 0.2) is 24.3 Å². The van der Waals surface area contributed by atoms with Crippen molar-refractivity contribution in [3.63, 3.8) is 0 Å². The predicted molar refractivity (Wildman–Crippen MR) is 144 cm³/mol. The molecule has 0 heterocycles. The lowest BCUT2D eigenvalue weighted by molar-refractivity contribution is -0.144. The number of carboxylic acid groups (broad SMARTS) is 2. The quantitative estimate of drug-likeness (QED) is 0.150. The Hall–Kier alpha value is -2.44. The van der Waals surface area contributed by atoms with Gasteiger partial charge in [0.2, 0.25) is 11.8 Å². The van der Waals surface area contributed by atoms with Crippen LogP contribution in [0.2, 0.25) is 0 Å². The third-order valence-electron chi connectivity index (χ3n) is 4.90. The molecular weight excluding hydrogens is 520 g/mol. The first kappa shape index (κ1) is 32.6. The summed E-state index contributed by atoms with van der Waals surface area (Å²) in [7, 11) is 2.19. The number of hydrogen-bond donors (Lipinski definition) is 5. The number of carbonyl (C=O) groups is 4. The number of rotatable bonds is 16. The molecule has 1 aromatic rings. The van der Waals surface area contributed by atoms with Crippen molar-refractivity contribution < 1.29 is 39.2 Å². The van der Waals surface area contributed by atoms with Gasteiger partial charge in [-0.1, -0.05) is 74.4 Å². The van der Waals surface area contributed by atoms with Gasteiger partial charge in [-0.15, -0.1) is 0 Å². The Bertz CT molecular complexity index is 920. The molecule has 1 rings (SSSR count). The zero-order valence-corrected chi connectivity index (χ0v) is 23.5. The van der Waals surface area contributed by atoms with E-state index < -0.39 is 36.0 Å². The molecule has 0 aliphatic carbocycles. The summed E-state index contributed by atoms with van der Waals surface area (Å²) in [6.07, 6.45) is -0.401. The molecule has 0 aromatic heterocycles. The number of hydrogen-bond acceptors (Lipinski definition) is 8. The van der Waals surface area contributed by atoms with E-state index in [2.05, 4.69) is 10.6 Å². The molecule has 37 heavy (non-hydrogen) atoms. The van der Waals surface area contributed by atoms with Crippen LogP contribution in [0.3, 0.4) is 0 Å². The first-order valence-corrected chi connectivity index (χ1v) is 14.4. The van der Waals surface area contributed by atoms with Crippen molar-refractivity contribution in [1.82, 2.24) is 10.6 Å². The summed E-state index contributed by atoms with van der Waals surface area (Å²) in [5.74, 6) is -3.25. The van der Waals surface area contributed by atoms with Gasteiger partial charge in [-0.05, 0) is 23.8 Å². The fourth-order valence-corrected chi connectivity index (χ4v) is 5.39. The number of benzene rings is 1. The molecular formula is C25H38N2O8S2. The van der Waals surface area contributed by atoms with E-state index in [9.17, 15) is 34.5 Å². The largest absolute Gasteiger partial charge is 0.508 e. The number of aromatic hydroxyl groups is 1. The summed E-state index contributed by atoms with van der Waals surface area (Å²) in [4.78, 5) is 48.2. The molecule has 0 unspecified atom stereocenters. The van der Waals surface area contributed by atoms with Crippen LogP contribution in [-0.4, -0.2) is 68.8 Å². The van der Waals surface area contributed by atoms with Gasteiger partial charge in [0.15, 0.2) is 0 Å². The van der Waals surface area contributed by atoms with Crippen molar-refractivity contribution >= 4 is 45.3 Å². The van der Waals surface area contributed by atoms with Crippen molar-refractivity contribution in [3.05, 3.63) is 29.8 Å². The maximum atomic E-state index is 12.9. The van der Waals surface area contributed by atoms with Crippen molar-refractivity contribution in [2.45, 2.75) is 72.3 Å². The number of para-hydroxylation sites is 1. The third-order valence-corrected chi connectivity index (χ3v) is 7.32. The Morgan fingerprint density at radius 1 is 0.946 bits per heavy atom. The molecule has 0 spiro atoms. The minimum Gasteiger partial charge on any atom is -0.508 e. The van der Waals surface area contributed by atoms with E-state index >= 15 is 0 Å². The molecule has 0 bridgehead atoms. The van der Waals surface area contributed by atoms with Gasteiger partial charge in [0.25, 0.3) is 0 Å². The number of amides is 2. The summed E-state index contributed by atoms with van der Waals surface area (Å²) in [5.41, 5.74) is 0.217. The Morgan fingerprint density at radius 2 is 1.49 bits per heavy atom. The molecule has 0 fully saturated rings. The molecule has 3 atom stereocenters. The smallest absolute Gasteiger partial charge is 0.327 e. The van der Waals surface area contributed by atoms with Gasteiger partial charge in [-0.3, -0.25) is 9.59 Å². The first-order valence-electron chi connectivity index (χ1n) is 11.9. The second-order valence-electron chi connectivity index (χ2n) is 10.2. The average molecular weight is 559 g/mol. The van der Waals surface area contributed by atoms with Gasteiger partial charge in [0, 0.05) is 23.5 Å². The summed E-state index contributed by atoms with van der Waals surface area (Å²) in [6.45, 7) is 9.41. The van der Waals surface area contributed by atoms with E-state index in [-0.39, 0.29) is 47.5 Å². The zero-order valence-electron chi connectivity index (χ0n) is 21.9. The summed E-state index contributed by atoms with van der Waals surface area (Å²) < 4.78 is 5.73. The summed E-state index contributed by atoms with van der Waals surface area (Å²) >= 11 is 0. The van der Waals surface area contributed by atoms with Gasteiger partial charge in [-0.25, -0.2) is 9.59 Å². The molecule has 0 saturated heterocycles. The Morgan fingerprint density at radius 3 is 1.97 bits per heavy atom. The normalized spacial score (nSPS) is 14.0. The van der Waals surface area contributed by atoms with Gasteiger partial charge in [0.1, 0.15) is 23.9 Å². The number of nitrogens with one attached hydrogen (secondary N) is 2. The van der Waals surface area contributed by atoms with Crippen molar-refractivity contribution in [2.24, 2.45) is 11.3 Å². The lowest BCUT2D eigenvalue weighted by atomic mass is 9.92. The Balaban J connectivity index is 2.66. The highest BCUT2D eigenvalue weighted by molar-refractivity contribution is 8.76. The number of phenols is 1. The van der Waals surface area contributed by atoms with E-state index in [0.29, 0.717) is 12.0 Å². The van der Waals surface area contributed by atoms with E-state index in [1.54, 1.807) is 18.2 Å². The highest BCUT2D eigenvalue weighted by Gasteiger charge is 2.28. The monoisotopic (exact) mass is 558 g/mol. The third kappa shape index (κ3) is 13.6. The molecule has 0 aliphatic rings. The van der Waals surface area contributed by atoms with Crippen LogP contribution in [0.25, 0.3) is 0 Å². The van der Waals surface area contributed by atoms with Gasteiger partial charge in [-0.2, -0.15) is 0 Å². The van der Waals surface area contributed by atoms with Crippen LogP contribution < -0.4 is 10.6 Å². The zero-order chi connectivity index (χ0) is 28.2. The molecule has 208 valence electrons. The number of carboxylic acids is 2. The fraction of sp³-hybridized carbons (Fsp3) is 0.600. The number of phenolic OH excluding ortho intramolecular Hbond substituents is 1. The summed E-state index contributed by atoms with van der Waals surface area (Å²) in [5, 5.41) is 33.9. The topological polar surface area (TPSA) is 162 Å². The molecule has 0 radical (unpaired) electrons. The van der Waals surface area contributed by atoms with Crippen LogP contribution in [0.4, 0.5) is 0 Å². The second kappa shape index (κ2) is 15.7. The Kier molecular flexibility index (Phi) is 13.9. The molecule has 0 saturated carbocycles. The molecule has 5 N–H and O–H groups in total. The predicted octanol–water partition coefficient (Wildman–Crippen LogP) is 3.28. The van der Waals surface area contributed by atoms with E-state index in [0.717, 1.165) is 21.6 Å². The lowest BCUT2D eigenvalue weighted by Gasteiger charge is -2.22. The van der Waals surface area contributed by atoms with Crippen molar-refractivity contribution in [2.75, 3.05) is 11.5 Å². The second-order valence-corrected chi connectivity index (χ2v) is 12.8. The molecule has 1 aromatic carbocycles. The van der Waals surface area contributed by atoms with Crippen LogP contribution >= 0.6 is 21.6 Å². The summed E-state index contributed by atoms with van der Waals surface area (Å²) in [6, 6.07) is 4.23. The maximum Gasteiger partial charge on any atom is 0.327 e. The number of ether oxygens (including phenoxy) is 1. The van der Waals surface area contributed by atoms with E-state index in [1.807, 2.05) is 34.6 Å². The van der Waals surface area contributed by atoms with Crippen molar-refractivity contribution in [1.29, 1.82) is 0 Å². The van der Waals surface area contributed by atoms with Crippen molar-refractivity contribution in [3.8, 4) is 5.75 Å². The molecule has 0 aliphatic heterocycles. The van der Waals surface area contributed by atoms with Crippen LogP contribution in [0, 0.1) is 11.3 Å². The number of aliphatic carboxylic acids is 2. The van der Waals surface area contributed by atoms with Gasteiger partial charge in [0.05, 0.1) is 6.61 Å². The van der Waals surface area contributed by atoms with Crippen LogP contribution in [-0.2, 0) is 30.5 Å². The minimum absolute atomic E-state index is 0.0165. The lowest BCUT2D eigenvalue weighted by Crippen LogP contribution is -2.47. The van der Waals surface area contributed by atoms with Crippen LogP contribution in [0.1, 0.15) is 53.0 Å². The highest BCUT2D eigenvalue weighted by atomic mass is 33.1. The Labute approximate surface area is 225 Å². The van der Waals surface area contributed by atoms with E-state index in [4.69, 9.17) is 4.74 Å². The fourth-order valence-electron chi connectivity index (χ4n) is 3.08. The van der Waals surface area contributed by atoms with E-state index in [1.165, 1.54) is 6.07 Å². The molecule has 12 heteroatoms. The minimum atomic E-state index is -1.24. The highest BCUT2D eigenvalue weighted by Crippen LogP contribution is 2.24. The number of carbonyl (C=O) groups excluding carboxylic acids is 2.